The molecule has 25 heavy (non-hydrogen) atoms. The van der Waals surface area contributed by atoms with Gasteiger partial charge in [0.1, 0.15) is 12.2 Å². The van der Waals surface area contributed by atoms with Crippen LogP contribution < -0.4 is 10.2 Å². The number of nitrogens with zero attached hydrogens (tertiary/aromatic N) is 1. The van der Waals surface area contributed by atoms with Crippen LogP contribution in [0.15, 0.2) is 54.6 Å². The molecule has 2 aliphatic heterocycles. The number of hydrogen-bond donors (Lipinski definition) is 1. The van der Waals surface area contributed by atoms with Gasteiger partial charge in [0.2, 0.25) is 0 Å². The zero-order chi connectivity index (χ0) is 17.1. The summed E-state index contributed by atoms with van der Waals surface area (Å²) in [5.74, 6) is -0.0347. The first-order valence-electron chi connectivity index (χ1n) is 9.15. The van der Waals surface area contributed by atoms with Gasteiger partial charge < -0.3 is 15.0 Å². The second-order valence-corrected chi connectivity index (χ2v) is 6.81. The second kappa shape index (κ2) is 7.28. The number of carbonyl (C=O) groups excluding carboxylic acids is 1. The smallest absolute Gasteiger partial charge is 0.251 e. The predicted molar refractivity (Wildman–Crippen MR) is 98.9 cm³/mol. The van der Waals surface area contributed by atoms with E-state index in [-0.39, 0.29) is 18.1 Å². The molecular formula is C21H24N2O2. The van der Waals surface area contributed by atoms with Crippen molar-refractivity contribution in [3.63, 3.8) is 0 Å². The normalized spacial score (nSPS) is 22.5. The molecule has 2 heterocycles. The summed E-state index contributed by atoms with van der Waals surface area (Å²) < 4.78 is 5.67. The molecule has 1 amide bonds. The van der Waals surface area contributed by atoms with E-state index in [1.54, 1.807) is 0 Å². The Kier molecular flexibility index (Phi) is 4.70. The van der Waals surface area contributed by atoms with Gasteiger partial charge in [0, 0.05) is 30.9 Å². The monoisotopic (exact) mass is 336 g/mol. The number of ether oxygens (including phenoxy) is 1. The Labute approximate surface area is 148 Å². The van der Waals surface area contributed by atoms with E-state index in [9.17, 15) is 4.79 Å². The Balaban J connectivity index is 1.28. The fourth-order valence-corrected chi connectivity index (χ4v) is 3.51. The molecule has 1 N–H and O–H groups in total. The SMILES string of the molecule is O=C(NCC1OC1c1ccccc1)c1ccc(N2CCCCC2)cc1. The lowest BCUT2D eigenvalue weighted by atomic mass is 10.1. The highest BCUT2D eigenvalue weighted by molar-refractivity contribution is 5.94. The van der Waals surface area contributed by atoms with Crippen LogP contribution in [0.3, 0.4) is 0 Å². The molecule has 0 aliphatic carbocycles. The van der Waals surface area contributed by atoms with Gasteiger partial charge in [-0.15, -0.1) is 0 Å². The van der Waals surface area contributed by atoms with Crippen LogP contribution in [0.5, 0.6) is 0 Å². The number of epoxide rings is 1. The molecule has 2 aromatic carbocycles. The highest BCUT2D eigenvalue weighted by Gasteiger charge is 2.39. The van der Waals surface area contributed by atoms with Gasteiger partial charge in [0.05, 0.1) is 0 Å². The van der Waals surface area contributed by atoms with Gasteiger partial charge >= 0.3 is 0 Å². The molecule has 2 aromatic rings. The van der Waals surface area contributed by atoms with Crippen LogP contribution in [-0.2, 0) is 4.74 Å². The Bertz CT molecular complexity index is 708. The molecule has 2 saturated heterocycles. The van der Waals surface area contributed by atoms with Gasteiger partial charge in [-0.25, -0.2) is 0 Å². The molecule has 2 aliphatic rings. The van der Waals surface area contributed by atoms with Crippen LogP contribution in [0.25, 0.3) is 0 Å². The fraction of sp³-hybridized carbons (Fsp3) is 0.381. The highest BCUT2D eigenvalue weighted by atomic mass is 16.6. The van der Waals surface area contributed by atoms with Crippen molar-refractivity contribution in [3.8, 4) is 0 Å². The molecule has 4 nitrogen and oxygen atoms in total. The van der Waals surface area contributed by atoms with Gasteiger partial charge in [-0.05, 0) is 49.1 Å². The van der Waals surface area contributed by atoms with Gasteiger partial charge in [-0.3, -0.25) is 4.79 Å². The van der Waals surface area contributed by atoms with Crippen LogP contribution in [0.4, 0.5) is 5.69 Å². The summed E-state index contributed by atoms with van der Waals surface area (Å²) in [5, 5.41) is 2.98. The third kappa shape index (κ3) is 3.85. The third-order valence-corrected chi connectivity index (χ3v) is 5.03. The van der Waals surface area contributed by atoms with Crippen molar-refractivity contribution < 1.29 is 9.53 Å². The summed E-state index contributed by atoms with van der Waals surface area (Å²) in [7, 11) is 0. The van der Waals surface area contributed by atoms with Gasteiger partial charge in [0.25, 0.3) is 5.91 Å². The zero-order valence-corrected chi connectivity index (χ0v) is 14.4. The molecule has 2 unspecified atom stereocenters. The lowest BCUT2D eigenvalue weighted by molar-refractivity contribution is 0.0950. The maximum absolute atomic E-state index is 12.3. The first-order valence-corrected chi connectivity index (χ1v) is 9.15. The third-order valence-electron chi connectivity index (χ3n) is 5.03. The topological polar surface area (TPSA) is 44.9 Å². The van der Waals surface area contributed by atoms with Gasteiger partial charge in [-0.1, -0.05) is 30.3 Å². The largest absolute Gasteiger partial charge is 0.372 e. The Hall–Kier alpha value is -2.33. The molecule has 0 spiro atoms. The molecule has 0 aromatic heterocycles. The predicted octanol–water partition coefficient (Wildman–Crippen LogP) is 3.55. The van der Waals surface area contributed by atoms with Crippen molar-refractivity contribution in [2.75, 3.05) is 24.5 Å². The highest BCUT2D eigenvalue weighted by Crippen LogP contribution is 2.37. The standard InChI is InChI=1S/C21H24N2O2/c24-21(22-15-19-20(25-19)16-7-3-1-4-8-16)17-9-11-18(12-10-17)23-13-5-2-6-14-23/h1,3-4,7-12,19-20H,2,5-6,13-15H2,(H,22,24). The Morgan fingerprint density at radius 3 is 2.44 bits per heavy atom. The van der Waals surface area contributed by atoms with E-state index in [4.69, 9.17) is 4.74 Å². The Morgan fingerprint density at radius 2 is 1.72 bits per heavy atom. The average Bonchev–Trinajstić information content (AvgIpc) is 3.47. The first-order chi connectivity index (χ1) is 12.3. The quantitative estimate of drug-likeness (QED) is 0.849. The van der Waals surface area contributed by atoms with E-state index in [0.29, 0.717) is 12.1 Å². The minimum atomic E-state index is -0.0347. The number of benzene rings is 2. The van der Waals surface area contributed by atoms with Crippen molar-refractivity contribution in [2.45, 2.75) is 31.5 Å². The molecule has 4 rings (SSSR count). The summed E-state index contributed by atoms with van der Waals surface area (Å²) >= 11 is 0. The maximum atomic E-state index is 12.3. The summed E-state index contributed by atoms with van der Waals surface area (Å²) in [4.78, 5) is 14.7. The van der Waals surface area contributed by atoms with Gasteiger partial charge in [-0.2, -0.15) is 0 Å². The molecule has 4 heteroatoms. The number of hydrogen-bond acceptors (Lipinski definition) is 3. The summed E-state index contributed by atoms with van der Waals surface area (Å²) in [5.41, 5.74) is 3.09. The number of carbonyl (C=O) groups is 1. The number of anilines is 1. The fourth-order valence-electron chi connectivity index (χ4n) is 3.51. The zero-order valence-electron chi connectivity index (χ0n) is 14.4. The molecule has 0 radical (unpaired) electrons. The lowest BCUT2D eigenvalue weighted by Crippen LogP contribution is -2.30. The van der Waals surface area contributed by atoms with Crippen LogP contribution >= 0.6 is 0 Å². The molecule has 0 saturated carbocycles. The van der Waals surface area contributed by atoms with E-state index in [1.165, 1.54) is 30.5 Å². The summed E-state index contributed by atoms with van der Waals surface area (Å²) in [6.07, 6.45) is 4.03. The number of piperidine rings is 1. The van der Waals surface area contributed by atoms with Crippen LogP contribution in [-0.4, -0.2) is 31.6 Å². The minimum Gasteiger partial charge on any atom is -0.372 e. The van der Waals surface area contributed by atoms with Crippen molar-refractivity contribution in [2.24, 2.45) is 0 Å². The van der Waals surface area contributed by atoms with Crippen LogP contribution in [0.1, 0.15) is 41.3 Å². The Morgan fingerprint density at radius 1 is 1.00 bits per heavy atom. The van der Waals surface area contributed by atoms with E-state index >= 15 is 0 Å². The maximum Gasteiger partial charge on any atom is 0.251 e. The van der Waals surface area contributed by atoms with Crippen molar-refractivity contribution in [3.05, 3.63) is 65.7 Å². The molecule has 2 fully saturated rings. The summed E-state index contributed by atoms with van der Waals surface area (Å²) in [6, 6.07) is 18.1. The summed E-state index contributed by atoms with van der Waals surface area (Å²) in [6.45, 7) is 2.78. The van der Waals surface area contributed by atoms with E-state index in [1.807, 2.05) is 30.3 Å². The van der Waals surface area contributed by atoms with Crippen LogP contribution in [0.2, 0.25) is 0 Å². The molecular weight excluding hydrogens is 312 g/mol. The average molecular weight is 336 g/mol. The van der Waals surface area contributed by atoms with Gasteiger partial charge in [0.15, 0.2) is 0 Å². The first kappa shape index (κ1) is 16.2. The van der Waals surface area contributed by atoms with E-state index in [0.717, 1.165) is 13.1 Å². The van der Waals surface area contributed by atoms with Crippen LogP contribution in [0, 0.1) is 0 Å². The molecule has 2 atom stereocenters. The molecule has 0 bridgehead atoms. The van der Waals surface area contributed by atoms with Crippen molar-refractivity contribution >= 4 is 11.6 Å². The molecule has 130 valence electrons. The number of amides is 1. The number of nitrogens with one attached hydrogen (secondary N) is 1. The second-order valence-electron chi connectivity index (χ2n) is 6.81. The van der Waals surface area contributed by atoms with E-state index in [2.05, 4.69) is 34.5 Å². The van der Waals surface area contributed by atoms with E-state index < -0.39 is 0 Å². The lowest BCUT2D eigenvalue weighted by Gasteiger charge is -2.28. The van der Waals surface area contributed by atoms with Crippen molar-refractivity contribution in [1.82, 2.24) is 5.32 Å². The van der Waals surface area contributed by atoms with Crippen molar-refractivity contribution in [1.29, 1.82) is 0 Å². The minimum absolute atomic E-state index is 0.0347. The number of rotatable bonds is 5.